The first kappa shape index (κ1) is 14.9. The largest absolute Gasteiger partial charge is 0.481 e. The number of nitrogens with zero attached hydrogens (tertiary/aromatic N) is 1. The van der Waals surface area contributed by atoms with Crippen molar-refractivity contribution in [1.29, 1.82) is 5.26 Å². The van der Waals surface area contributed by atoms with Gasteiger partial charge >= 0.3 is 5.97 Å². The molecule has 0 spiro atoms. The Morgan fingerprint density at radius 3 is 2.61 bits per heavy atom. The molecule has 0 bridgehead atoms. The summed E-state index contributed by atoms with van der Waals surface area (Å²) in [6, 6.07) is 1.13. The van der Waals surface area contributed by atoms with Crippen LogP contribution < -0.4 is 4.72 Å². The highest BCUT2D eigenvalue weighted by Gasteiger charge is 2.35. The summed E-state index contributed by atoms with van der Waals surface area (Å²) in [4.78, 5) is 11.1. The lowest BCUT2D eigenvalue weighted by molar-refractivity contribution is -0.143. The van der Waals surface area contributed by atoms with Crippen LogP contribution in [-0.2, 0) is 14.8 Å². The first-order chi connectivity index (χ1) is 8.42. The van der Waals surface area contributed by atoms with E-state index in [0.29, 0.717) is 12.8 Å². The molecule has 0 amide bonds. The Kier molecular flexibility index (Phi) is 5.11. The van der Waals surface area contributed by atoms with E-state index in [0.717, 1.165) is 12.8 Å². The van der Waals surface area contributed by atoms with Gasteiger partial charge in [-0.3, -0.25) is 4.79 Å². The van der Waals surface area contributed by atoms with Crippen LogP contribution >= 0.6 is 0 Å². The van der Waals surface area contributed by atoms with Gasteiger partial charge in [-0.05, 0) is 19.3 Å². The van der Waals surface area contributed by atoms with E-state index in [1.165, 1.54) is 0 Å². The summed E-state index contributed by atoms with van der Waals surface area (Å²) in [6.45, 7) is 1.61. The van der Waals surface area contributed by atoms with Crippen LogP contribution in [0.4, 0.5) is 0 Å². The Hall–Kier alpha value is -1.13. The molecule has 3 atom stereocenters. The van der Waals surface area contributed by atoms with E-state index in [9.17, 15) is 13.2 Å². The van der Waals surface area contributed by atoms with Gasteiger partial charge in [0.1, 0.15) is 0 Å². The number of nitriles is 1. The van der Waals surface area contributed by atoms with Crippen molar-refractivity contribution in [3.63, 3.8) is 0 Å². The molecule has 0 heterocycles. The second-order valence-electron chi connectivity index (χ2n) is 4.52. The smallest absolute Gasteiger partial charge is 0.308 e. The van der Waals surface area contributed by atoms with E-state index < -0.39 is 33.2 Å². The van der Waals surface area contributed by atoms with Crippen molar-refractivity contribution in [3.05, 3.63) is 0 Å². The standard InChI is InChI=1S/C11H18N2O4S/c1-2-8(7-12)18(16,17)13-10-6-4-3-5-9(10)11(14)15/h8-10,13H,2-6H2,1H3,(H,14,15). The first-order valence-corrected chi connectivity index (χ1v) is 7.60. The van der Waals surface area contributed by atoms with Crippen molar-refractivity contribution in [3.8, 4) is 6.07 Å². The van der Waals surface area contributed by atoms with Crippen LogP contribution in [0, 0.1) is 17.2 Å². The molecule has 1 saturated carbocycles. The molecule has 0 aromatic heterocycles. The van der Waals surface area contributed by atoms with Crippen LogP contribution in [-0.4, -0.2) is 30.8 Å². The summed E-state index contributed by atoms with van der Waals surface area (Å²) < 4.78 is 26.2. The molecule has 0 aromatic carbocycles. The number of hydrogen-bond acceptors (Lipinski definition) is 4. The van der Waals surface area contributed by atoms with Gasteiger partial charge in [-0.2, -0.15) is 5.26 Å². The Bertz CT molecular complexity index is 440. The van der Waals surface area contributed by atoms with Gasteiger partial charge in [-0.25, -0.2) is 13.1 Å². The predicted octanol–water partition coefficient (Wildman–Crippen LogP) is 0.851. The number of aliphatic carboxylic acids is 1. The number of hydrogen-bond donors (Lipinski definition) is 2. The molecule has 1 rings (SSSR count). The molecule has 7 heteroatoms. The zero-order valence-corrected chi connectivity index (χ0v) is 11.1. The van der Waals surface area contributed by atoms with Crippen LogP contribution in [0.5, 0.6) is 0 Å². The lowest BCUT2D eigenvalue weighted by atomic mass is 9.85. The number of carboxylic acids is 1. The molecule has 6 nitrogen and oxygen atoms in total. The number of carboxylic acid groups (broad SMARTS) is 1. The number of sulfonamides is 1. The maximum absolute atomic E-state index is 11.9. The van der Waals surface area contributed by atoms with E-state index in [1.807, 2.05) is 0 Å². The van der Waals surface area contributed by atoms with E-state index >= 15 is 0 Å². The summed E-state index contributed by atoms with van der Waals surface area (Å²) in [5.41, 5.74) is 0. The van der Waals surface area contributed by atoms with Gasteiger partial charge in [0, 0.05) is 6.04 Å². The van der Waals surface area contributed by atoms with Crippen molar-refractivity contribution in [2.24, 2.45) is 5.92 Å². The maximum atomic E-state index is 11.9. The highest BCUT2D eigenvalue weighted by atomic mass is 32.2. The Labute approximate surface area is 107 Å². The Balaban J connectivity index is 2.82. The zero-order chi connectivity index (χ0) is 13.8. The van der Waals surface area contributed by atoms with E-state index in [-0.39, 0.29) is 6.42 Å². The van der Waals surface area contributed by atoms with Gasteiger partial charge in [0.15, 0.2) is 5.25 Å². The molecule has 1 aliphatic carbocycles. The van der Waals surface area contributed by atoms with Crippen molar-refractivity contribution in [1.82, 2.24) is 4.72 Å². The second-order valence-corrected chi connectivity index (χ2v) is 6.42. The summed E-state index contributed by atoms with van der Waals surface area (Å²) in [7, 11) is -3.76. The van der Waals surface area contributed by atoms with E-state index in [4.69, 9.17) is 10.4 Å². The van der Waals surface area contributed by atoms with Gasteiger partial charge < -0.3 is 5.11 Å². The molecule has 0 aliphatic heterocycles. The van der Waals surface area contributed by atoms with Gasteiger partial charge in [-0.1, -0.05) is 19.8 Å². The lowest BCUT2D eigenvalue weighted by Gasteiger charge is -2.29. The van der Waals surface area contributed by atoms with Crippen LogP contribution in [0.25, 0.3) is 0 Å². The van der Waals surface area contributed by atoms with Crippen LogP contribution in [0.1, 0.15) is 39.0 Å². The molecule has 0 radical (unpaired) electrons. The minimum absolute atomic E-state index is 0.191. The molecular formula is C11H18N2O4S. The fourth-order valence-corrected chi connectivity index (χ4v) is 3.69. The van der Waals surface area contributed by atoms with Gasteiger partial charge in [0.25, 0.3) is 0 Å². The summed E-state index contributed by atoms with van der Waals surface area (Å²) >= 11 is 0. The lowest BCUT2D eigenvalue weighted by Crippen LogP contribution is -2.47. The molecular weight excluding hydrogens is 256 g/mol. The average Bonchev–Trinajstić information content (AvgIpc) is 2.29. The molecule has 1 fully saturated rings. The SMILES string of the molecule is CCC(C#N)S(=O)(=O)NC1CCCCC1C(=O)O. The maximum Gasteiger partial charge on any atom is 0.308 e. The number of nitrogens with one attached hydrogen (secondary N) is 1. The monoisotopic (exact) mass is 274 g/mol. The average molecular weight is 274 g/mol. The van der Waals surface area contributed by atoms with Gasteiger partial charge in [-0.15, -0.1) is 0 Å². The predicted molar refractivity (Wildman–Crippen MR) is 65.1 cm³/mol. The summed E-state index contributed by atoms with van der Waals surface area (Å²) in [5.74, 6) is -1.67. The highest BCUT2D eigenvalue weighted by Crippen LogP contribution is 2.25. The molecule has 0 saturated heterocycles. The van der Waals surface area contributed by atoms with Crippen molar-refractivity contribution >= 4 is 16.0 Å². The Morgan fingerprint density at radius 1 is 1.50 bits per heavy atom. The van der Waals surface area contributed by atoms with Crippen molar-refractivity contribution in [2.75, 3.05) is 0 Å². The number of rotatable bonds is 5. The first-order valence-electron chi connectivity index (χ1n) is 6.06. The topological polar surface area (TPSA) is 107 Å². The van der Waals surface area contributed by atoms with Crippen LogP contribution in [0.3, 0.4) is 0 Å². The molecule has 102 valence electrons. The fourth-order valence-electron chi connectivity index (χ4n) is 2.24. The van der Waals surface area contributed by atoms with Crippen molar-refractivity contribution in [2.45, 2.75) is 50.3 Å². The molecule has 0 aromatic rings. The highest BCUT2D eigenvalue weighted by molar-refractivity contribution is 7.90. The minimum atomic E-state index is -3.76. The van der Waals surface area contributed by atoms with E-state index in [2.05, 4.69) is 4.72 Å². The minimum Gasteiger partial charge on any atom is -0.481 e. The molecule has 1 aliphatic rings. The molecule has 2 N–H and O–H groups in total. The van der Waals surface area contributed by atoms with Crippen LogP contribution in [0.2, 0.25) is 0 Å². The van der Waals surface area contributed by atoms with E-state index in [1.54, 1.807) is 13.0 Å². The van der Waals surface area contributed by atoms with Gasteiger partial charge in [0.2, 0.25) is 10.0 Å². The molecule has 3 unspecified atom stereocenters. The summed E-state index contributed by atoms with van der Waals surface area (Å²) in [6.07, 6.45) is 2.78. The third-order valence-corrected chi connectivity index (χ3v) is 5.11. The fraction of sp³-hybridized carbons (Fsp3) is 0.818. The zero-order valence-electron chi connectivity index (χ0n) is 10.3. The van der Waals surface area contributed by atoms with Crippen molar-refractivity contribution < 1.29 is 18.3 Å². The molecule has 18 heavy (non-hydrogen) atoms. The second kappa shape index (κ2) is 6.16. The third-order valence-electron chi connectivity index (χ3n) is 3.29. The summed E-state index contributed by atoms with van der Waals surface area (Å²) in [5, 5.41) is 16.7. The quantitative estimate of drug-likeness (QED) is 0.772. The number of carbonyl (C=O) groups is 1. The third kappa shape index (κ3) is 3.43. The normalized spacial score (nSPS) is 26.2. The Morgan fingerprint density at radius 2 is 2.11 bits per heavy atom. The van der Waals surface area contributed by atoms with Gasteiger partial charge in [0.05, 0.1) is 12.0 Å². The van der Waals surface area contributed by atoms with Crippen LogP contribution in [0.15, 0.2) is 0 Å².